The van der Waals surface area contributed by atoms with Crippen molar-refractivity contribution in [3.05, 3.63) is 29.0 Å². The summed E-state index contributed by atoms with van der Waals surface area (Å²) in [5.41, 5.74) is 0.573. The molecule has 0 radical (unpaired) electrons. The van der Waals surface area contributed by atoms with Crippen molar-refractivity contribution in [2.45, 2.75) is 31.0 Å². The van der Waals surface area contributed by atoms with Crippen molar-refractivity contribution >= 4 is 33.4 Å². The monoisotopic (exact) mass is 432 g/mol. The van der Waals surface area contributed by atoms with Gasteiger partial charge in [0.2, 0.25) is 11.9 Å². The van der Waals surface area contributed by atoms with Gasteiger partial charge in [0.1, 0.15) is 22.9 Å². The van der Waals surface area contributed by atoms with Crippen molar-refractivity contribution in [2.24, 2.45) is 4.99 Å². The number of carbonyl (C=O) groups excluding carboxylic acids is 1. The number of nitrogens with one attached hydrogen (secondary N) is 3. The molecule has 2 aromatic rings. The number of halogens is 1. The van der Waals surface area contributed by atoms with E-state index in [0.29, 0.717) is 42.8 Å². The lowest BCUT2D eigenvalue weighted by Crippen LogP contribution is -2.58. The van der Waals surface area contributed by atoms with Crippen molar-refractivity contribution < 1.29 is 13.9 Å². The molecule has 3 aliphatic rings. The maximum Gasteiger partial charge on any atom is 0.240 e. The number of rotatable bonds is 3. The van der Waals surface area contributed by atoms with Crippen molar-refractivity contribution in [1.82, 2.24) is 25.8 Å². The van der Waals surface area contributed by atoms with Crippen LogP contribution in [-0.2, 0) is 9.53 Å². The Morgan fingerprint density at radius 2 is 2.17 bits per heavy atom. The van der Waals surface area contributed by atoms with Crippen LogP contribution in [0.25, 0.3) is 10.2 Å². The molecule has 1 aromatic carbocycles. The van der Waals surface area contributed by atoms with Crippen molar-refractivity contribution in [3.8, 4) is 0 Å². The Bertz CT molecular complexity index is 954. The fourth-order valence-corrected chi connectivity index (χ4v) is 5.25. The molecule has 3 aliphatic heterocycles. The highest BCUT2D eigenvalue weighted by Crippen LogP contribution is 2.32. The average molecular weight is 433 g/mol. The molecule has 2 saturated heterocycles. The minimum absolute atomic E-state index is 0.132. The van der Waals surface area contributed by atoms with Crippen molar-refractivity contribution in [1.29, 1.82) is 0 Å². The van der Waals surface area contributed by atoms with E-state index in [4.69, 9.17) is 9.73 Å². The number of aliphatic imine (C=N–C) groups is 1. The first-order valence-electron chi connectivity index (χ1n) is 10.4. The summed E-state index contributed by atoms with van der Waals surface area (Å²) in [6.07, 6.45) is 1.69. The number of fused-ring (bicyclic) bond motifs is 1. The third kappa shape index (κ3) is 4.04. The van der Waals surface area contributed by atoms with E-state index in [9.17, 15) is 9.18 Å². The Morgan fingerprint density at radius 1 is 1.30 bits per heavy atom. The Balaban J connectivity index is 1.47. The number of hydrogen-bond acceptors (Lipinski definition) is 8. The fraction of sp³-hybridized carbons (Fsp3) is 0.550. The highest BCUT2D eigenvalue weighted by molar-refractivity contribution is 7.18. The lowest BCUT2D eigenvalue weighted by atomic mass is 10.0. The molecule has 0 aliphatic carbocycles. The van der Waals surface area contributed by atoms with Crippen LogP contribution >= 0.6 is 11.3 Å². The highest BCUT2D eigenvalue weighted by atomic mass is 32.1. The number of aromatic nitrogens is 1. The van der Waals surface area contributed by atoms with Crippen molar-refractivity contribution in [2.75, 3.05) is 39.4 Å². The summed E-state index contributed by atoms with van der Waals surface area (Å²) in [6.45, 7) is 4.49. The number of guanidine groups is 1. The van der Waals surface area contributed by atoms with Gasteiger partial charge in [0.15, 0.2) is 0 Å². The van der Waals surface area contributed by atoms with E-state index in [-0.39, 0.29) is 17.8 Å². The molecule has 0 saturated carbocycles. The molecule has 3 atom stereocenters. The Labute approximate surface area is 177 Å². The third-order valence-electron chi connectivity index (χ3n) is 5.74. The van der Waals surface area contributed by atoms with E-state index in [1.165, 1.54) is 23.5 Å². The predicted molar refractivity (Wildman–Crippen MR) is 113 cm³/mol. The van der Waals surface area contributed by atoms with Gasteiger partial charge >= 0.3 is 0 Å². The molecule has 2 fully saturated rings. The molecule has 160 valence electrons. The Hall–Kier alpha value is -2.14. The standard InChI is InChI=1S/C20H25FN6O2S/c21-12-3-4-15-14(10-12)24-19(30-15)16-17(23-13-2-1-5-22-11-13)25-20(26-18(16)28)27-6-8-29-9-7-27/h3-4,10,13,16-17,22-23H,1-2,5-9,11H2,(H,25,26,28)/t13-,16?,17?/m1/s1. The van der Waals surface area contributed by atoms with Crippen LogP contribution in [0.4, 0.5) is 4.39 Å². The predicted octanol–water partition coefficient (Wildman–Crippen LogP) is 1.00. The summed E-state index contributed by atoms with van der Waals surface area (Å²) in [7, 11) is 0. The van der Waals surface area contributed by atoms with E-state index in [2.05, 4.69) is 25.8 Å². The molecule has 0 bridgehead atoms. The zero-order valence-electron chi connectivity index (χ0n) is 16.6. The fourth-order valence-electron chi connectivity index (χ4n) is 4.17. The molecule has 4 heterocycles. The molecule has 0 spiro atoms. The summed E-state index contributed by atoms with van der Waals surface area (Å²) in [6, 6.07) is 4.77. The van der Waals surface area contributed by atoms with Gasteiger partial charge in [0, 0.05) is 31.7 Å². The average Bonchev–Trinajstić information content (AvgIpc) is 3.17. The largest absolute Gasteiger partial charge is 0.378 e. The normalized spacial score (nSPS) is 27.8. The van der Waals surface area contributed by atoms with Crippen LogP contribution in [-0.4, -0.2) is 73.4 Å². The van der Waals surface area contributed by atoms with Crippen LogP contribution in [0.5, 0.6) is 0 Å². The number of amides is 1. The molecule has 30 heavy (non-hydrogen) atoms. The Kier molecular flexibility index (Phi) is 5.64. The molecule has 2 unspecified atom stereocenters. The van der Waals surface area contributed by atoms with Gasteiger partial charge in [-0.05, 0) is 31.5 Å². The maximum absolute atomic E-state index is 13.6. The maximum atomic E-state index is 13.6. The van der Waals surface area contributed by atoms with Crippen LogP contribution in [0, 0.1) is 5.82 Å². The smallest absolute Gasteiger partial charge is 0.240 e. The van der Waals surface area contributed by atoms with E-state index >= 15 is 0 Å². The number of thiazole rings is 1. The van der Waals surface area contributed by atoms with Gasteiger partial charge in [0.05, 0.1) is 23.4 Å². The lowest BCUT2D eigenvalue weighted by Gasteiger charge is -2.37. The molecule has 3 N–H and O–H groups in total. The second kappa shape index (κ2) is 8.54. The van der Waals surface area contributed by atoms with E-state index in [1.54, 1.807) is 6.07 Å². The number of benzene rings is 1. The molecule has 1 amide bonds. The van der Waals surface area contributed by atoms with E-state index in [1.807, 2.05) is 0 Å². The number of carbonyl (C=O) groups is 1. The van der Waals surface area contributed by atoms with Crippen LogP contribution in [0.15, 0.2) is 23.2 Å². The highest BCUT2D eigenvalue weighted by Gasteiger charge is 2.39. The van der Waals surface area contributed by atoms with Gasteiger partial charge in [-0.1, -0.05) is 0 Å². The zero-order valence-corrected chi connectivity index (χ0v) is 17.4. The minimum atomic E-state index is -0.558. The number of morpholine rings is 1. The van der Waals surface area contributed by atoms with Crippen molar-refractivity contribution in [3.63, 3.8) is 0 Å². The summed E-state index contributed by atoms with van der Waals surface area (Å²) in [5.74, 6) is -0.430. The van der Waals surface area contributed by atoms with Crippen LogP contribution in [0.1, 0.15) is 23.8 Å². The molecule has 8 nitrogen and oxygen atoms in total. The van der Waals surface area contributed by atoms with Gasteiger partial charge in [0.25, 0.3) is 0 Å². The van der Waals surface area contributed by atoms with Crippen LogP contribution in [0.3, 0.4) is 0 Å². The van der Waals surface area contributed by atoms with Crippen LogP contribution < -0.4 is 16.0 Å². The van der Waals surface area contributed by atoms with Gasteiger partial charge < -0.3 is 15.0 Å². The lowest BCUT2D eigenvalue weighted by molar-refractivity contribution is -0.122. The SMILES string of the molecule is O=C1NC(N2CCOCC2)=NC(N[C@@H]2CCCNC2)C1c1nc2cc(F)ccc2s1. The van der Waals surface area contributed by atoms with Gasteiger partial charge in [-0.15, -0.1) is 11.3 Å². The molecule has 5 rings (SSSR count). The summed E-state index contributed by atoms with van der Waals surface area (Å²) in [5, 5.41) is 10.6. The number of hydrogen-bond donors (Lipinski definition) is 3. The Morgan fingerprint density at radius 3 is 2.97 bits per heavy atom. The zero-order chi connectivity index (χ0) is 20.5. The number of piperidine rings is 1. The second-order valence-corrected chi connectivity index (χ2v) is 8.90. The first-order valence-corrected chi connectivity index (χ1v) is 11.2. The summed E-state index contributed by atoms with van der Waals surface area (Å²) < 4.78 is 19.9. The molecular formula is C20H25FN6O2S. The molecular weight excluding hydrogens is 407 g/mol. The number of nitrogens with zero attached hydrogens (tertiary/aromatic N) is 3. The van der Waals surface area contributed by atoms with E-state index in [0.717, 1.165) is 30.6 Å². The van der Waals surface area contributed by atoms with Gasteiger partial charge in [-0.2, -0.15) is 0 Å². The first-order chi connectivity index (χ1) is 14.7. The summed E-state index contributed by atoms with van der Waals surface area (Å²) in [4.78, 5) is 24.8. The topological polar surface area (TPSA) is 90.9 Å². The van der Waals surface area contributed by atoms with Crippen LogP contribution in [0.2, 0.25) is 0 Å². The minimum Gasteiger partial charge on any atom is -0.378 e. The third-order valence-corrected chi connectivity index (χ3v) is 6.86. The van der Waals surface area contributed by atoms with Gasteiger partial charge in [-0.25, -0.2) is 14.4 Å². The molecule has 10 heteroatoms. The quantitative estimate of drug-likeness (QED) is 0.671. The molecule has 1 aromatic heterocycles. The first kappa shape index (κ1) is 19.8. The second-order valence-electron chi connectivity index (χ2n) is 7.84. The summed E-state index contributed by atoms with van der Waals surface area (Å²) >= 11 is 1.42. The van der Waals surface area contributed by atoms with Gasteiger partial charge in [-0.3, -0.25) is 15.4 Å². The van der Waals surface area contributed by atoms with E-state index < -0.39 is 12.1 Å². The number of ether oxygens (including phenoxy) is 1.